The maximum atomic E-state index is 4.31. The van der Waals surface area contributed by atoms with Crippen molar-refractivity contribution < 1.29 is 0 Å². The van der Waals surface area contributed by atoms with Crippen LogP contribution >= 0.6 is 24.4 Å². The molecule has 174 valence electrons. The van der Waals surface area contributed by atoms with Gasteiger partial charge in [0, 0.05) is 32.1 Å². The van der Waals surface area contributed by atoms with Crippen LogP contribution in [-0.2, 0) is 0 Å². The zero-order chi connectivity index (χ0) is 23.7. The molecular formula is C25H47N3S2. The zero-order valence-electron chi connectivity index (χ0n) is 20.8. The first-order chi connectivity index (χ1) is 14.1. The van der Waals surface area contributed by atoms with Gasteiger partial charge in [-0.2, -0.15) is 0 Å². The van der Waals surface area contributed by atoms with Crippen LogP contribution in [0.1, 0.15) is 54.4 Å². The van der Waals surface area contributed by atoms with E-state index in [4.69, 9.17) is 0 Å². The lowest BCUT2D eigenvalue weighted by atomic mass is 9.99. The van der Waals surface area contributed by atoms with E-state index in [1.807, 2.05) is 39.8 Å². The summed E-state index contributed by atoms with van der Waals surface area (Å²) in [6.45, 7) is 28.7. The van der Waals surface area contributed by atoms with E-state index in [1.165, 1.54) is 36.4 Å². The molecule has 0 amide bonds. The van der Waals surface area contributed by atoms with Crippen LogP contribution in [0.2, 0.25) is 0 Å². The van der Waals surface area contributed by atoms with Gasteiger partial charge in [-0.1, -0.05) is 57.8 Å². The molecule has 1 rings (SSSR count). The standard InChI is InChI=1S/C19H32N2S2.C4H9N.C2H6/c1-14(2)19(13-16(4)17(5)22)23-18(6)20-9-12-21-10-7-15(3)8-11-21;1-4-5(2)3;1-2/h13,15,20,22H,5-12H2,1-4H3;4H,1H2,2-3H3;1-2H3/b16-13+;;. The molecule has 0 aliphatic carbocycles. The number of hydrogen-bond donors (Lipinski definition) is 2. The van der Waals surface area contributed by atoms with E-state index < -0.39 is 0 Å². The third-order valence-electron chi connectivity index (χ3n) is 4.52. The fourth-order valence-corrected chi connectivity index (χ4v) is 3.31. The summed E-state index contributed by atoms with van der Waals surface area (Å²) in [5, 5.41) is 4.45. The monoisotopic (exact) mass is 453 g/mol. The normalized spacial score (nSPS) is 14.4. The predicted octanol–water partition coefficient (Wildman–Crippen LogP) is 6.91. The molecule has 5 heteroatoms. The van der Waals surface area contributed by atoms with Crippen molar-refractivity contribution in [2.75, 3.05) is 40.3 Å². The number of likely N-dealkylation sites (tertiary alicyclic amines) is 1. The molecule has 1 aliphatic heterocycles. The molecule has 0 saturated carbocycles. The fourth-order valence-electron chi connectivity index (χ4n) is 2.36. The lowest BCUT2D eigenvalue weighted by Crippen LogP contribution is -2.37. The van der Waals surface area contributed by atoms with Crippen molar-refractivity contribution in [3.8, 4) is 0 Å². The van der Waals surface area contributed by atoms with Gasteiger partial charge in [0.2, 0.25) is 0 Å². The summed E-state index contributed by atoms with van der Waals surface area (Å²) >= 11 is 6.00. The Bertz CT molecular complexity index is 565. The van der Waals surface area contributed by atoms with E-state index in [0.29, 0.717) is 0 Å². The van der Waals surface area contributed by atoms with Gasteiger partial charge >= 0.3 is 0 Å². The quantitative estimate of drug-likeness (QED) is 0.291. The molecule has 1 aliphatic rings. The molecule has 0 radical (unpaired) electrons. The number of nitrogens with one attached hydrogen (secondary N) is 1. The Morgan fingerprint density at radius 1 is 1.17 bits per heavy atom. The Morgan fingerprint density at radius 3 is 2.07 bits per heavy atom. The molecule has 0 aromatic carbocycles. The predicted molar refractivity (Wildman–Crippen MR) is 145 cm³/mol. The molecule has 3 nitrogen and oxygen atoms in total. The first kappa shape index (κ1) is 31.1. The van der Waals surface area contributed by atoms with Crippen LogP contribution < -0.4 is 5.32 Å². The largest absolute Gasteiger partial charge is 0.384 e. The van der Waals surface area contributed by atoms with E-state index in [9.17, 15) is 0 Å². The summed E-state index contributed by atoms with van der Waals surface area (Å²) in [5.74, 6) is 0.890. The Hall–Kier alpha value is -1.04. The molecular weight excluding hydrogens is 406 g/mol. The number of allylic oxidation sites excluding steroid dienone is 3. The highest BCUT2D eigenvalue weighted by Gasteiger charge is 2.14. The highest BCUT2D eigenvalue weighted by atomic mass is 32.2. The van der Waals surface area contributed by atoms with E-state index in [0.717, 1.165) is 34.5 Å². The zero-order valence-corrected chi connectivity index (χ0v) is 22.6. The van der Waals surface area contributed by atoms with Crippen LogP contribution in [0.4, 0.5) is 0 Å². The lowest BCUT2D eigenvalue weighted by Gasteiger charge is -2.30. The van der Waals surface area contributed by atoms with Crippen molar-refractivity contribution in [1.82, 2.24) is 15.1 Å². The summed E-state index contributed by atoms with van der Waals surface area (Å²) in [6.07, 6.45) is 6.54. The van der Waals surface area contributed by atoms with Crippen molar-refractivity contribution in [2.24, 2.45) is 5.92 Å². The van der Waals surface area contributed by atoms with Crippen molar-refractivity contribution in [2.45, 2.75) is 54.4 Å². The maximum absolute atomic E-state index is 4.31. The van der Waals surface area contributed by atoms with Gasteiger partial charge in [-0.15, -0.1) is 12.6 Å². The van der Waals surface area contributed by atoms with Crippen LogP contribution in [0.25, 0.3) is 0 Å². The number of thioether (sulfide) groups is 1. The Kier molecular flexibility index (Phi) is 19.4. The molecule has 1 fully saturated rings. The minimum absolute atomic E-state index is 0.808. The minimum atomic E-state index is 0.808. The van der Waals surface area contributed by atoms with Crippen molar-refractivity contribution >= 4 is 24.4 Å². The molecule has 0 aromatic heterocycles. The molecule has 0 aromatic rings. The third kappa shape index (κ3) is 16.7. The lowest BCUT2D eigenvalue weighted by molar-refractivity contribution is 0.195. The molecule has 0 unspecified atom stereocenters. The van der Waals surface area contributed by atoms with Crippen LogP contribution in [0.3, 0.4) is 0 Å². The number of hydrogen-bond acceptors (Lipinski definition) is 5. The van der Waals surface area contributed by atoms with Crippen molar-refractivity contribution in [3.05, 3.63) is 58.0 Å². The van der Waals surface area contributed by atoms with Gasteiger partial charge in [0.15, 0.2) is 0 Å². The molecule has 1 saturated heterocycles. The molecule has 0 atom stereocenters. The molecule has 1 N–H and O–H groups in total. The summed E-state index contributed by atoms with van der Waals surface area (Å²) in [6, 6.07) is 0. The highest BCUT2D eigenvalue weighted by Crippen LogP contribution is 2.29. The number of piperidine rings is 1. The summed E-state index contributed by atoms with van der Waals surface area (Å²) in [4.78, 5) is 6.45. The first-order valence-corrected chi connectivity index (χ1v) is 12.2. The maximum Gasteiger partial charge on any atom is 0.0657 e. The van der Waals surface area contributed by atoms with Crippen LogP contribution in [0.15, 0.2) is 58.0 Å². The van der Waals surface area contributed by atoms with Gasteiger partial charge in [0.25, 0.3) is 0 Å². The minimum Gasteiger partial charge on any atom is -0.384 e. The second kappa shape index (κ2) is 18.7. The molecule has 0 bridgehead atoms. The van der Waals surface area contributed by atoms with E-state index in [1.54, 1.807) is 18.0 Å². The van der Waals surface area contributed by atoms with Crippen LogP contribution in [0, 0.1) is 5.92 Å². The van der Waals surface area contributed by atoms with Gasteiger partial charge in [-0.05, 0) is 75.4 Å². The van der Waals surface area contributed by atoms with Gasteiger partial charge in [0.05, 0.1) is 5.03 Å². The fraction of sp³-hybridized carbons (Fsp3) is 0.600. The van der Waals surface area contributed by atoms with Crippen LogP contribution in [0.5, 0.6) is 0 Å². The highest BCUT2D eigenvalue weighted by molar-refractivity contribution is 8.06. The Labute approximate surface area is 197 Å². The van der Waals surface area contributed by atoms with Gasteiger partial charge in [-0.3, -0.25) is 0 Å². The summed E-state index contributed by atoms with van der Waals surface area (Å²) in [5.41, 5.74) is 2.36. The molecule has 0 spiro atoms. The van der Waals surface area contributed by atoms with E-state index >= 15 is 0 Å². The first-order valence-electron chi connectivity index (χ1n) is 10.9. The van der Waals surface area contributed by atoms with E-state index in [2.05, 4.69) is 69.4 Å². The third-order valence-corrected chi connectivity index (χ3v) is 6.01. The molecule has 1 heterocycles. The second-order valence-electron chi connectivity index (χ2n) is 7.76. The smallest absolute Gasteiger partial charge is 0.0657 e. The van der Waals surface area contributed by atoms with Gasteiger partial charge in [0.1, 0.15) is 0 Å². The SMILES string of the molecule is C=C(NCCN1CCC(C)CC1)SC(/C=C(\C)C(=C)S)=C(C)C.C=CN(C)C.CC. The number of nitrogens with zero attached hydrogens (tertiary/aromatic N) is 2. The number of rotatable bonds is 9. The number of thiol groups is 1. The average molecular weight is 454 g/mol. The Morgan fingerprint density at radius 2 is 1.67 bits per heavy atom. The van der Waals surface area contributed by atoms with Gasteiger partial charge < -0.3 is 15.1 Å². The summed E-state index contributed by atoms with van der Waals surface area (Å²) in [7, 11) is 3.88. The molecule has 30 heavy (non-hydrogen) atoms. The van der Waals surface area contributed by atoms with Crippen molar-refractivity contribution in [1.29, 1.82) is 0 Å². The average Bonchev–Trinajstić information content (AvgIpc) is 2.70. The second-order valence-corrected chi connectivity index (χ2v) is 9.44. The van der Waals surface area contributed by atoms with Crippen LogP contribution in [-0.4, -0.2) is 50.1 Å². The topological polar surface area (TPSA) is 18.5 Å². The Balaban J connectivity index is 0. The van der Waals surface area contributed by atoms with Gasteiger partial charge in [-0.25, -0.2) is 0 Å². The van der Waals surface area contributed by atoms with E-state index in [-0.39, 0.29) is 0 Å². The van der Waals surface area contributed by atoms with Crippen molar-refractivity contribution in [3.63, 3.8) is 0 Å². The summed E-state index contributed by atoms with van der Waals surface area (Å²) < 4.78 is 0.